The summed E-state index contributed by atoms with van der Waals surface area (Å²) in [5.74, 6) is -2.76. The molecule has 0 aliphatic carbocycles. The Morgan fingerprint density at radius 1 is 1.07 bits per heavy atom. The van der Waals surface area contributed by atoms with Crippen LogP contribution >= 0.6 is 0 Å². The number of hydrogen-bond donors (Lipinski definition) is 4. The minimum absolute atomic E-state index is 0.202. The van der Waals surface area contributed by atoms with Gasteiger partial charge in [-0.1, -0.05) is 13.3 Å². The Morgan fingerprint density at radius 3 is 2.11 bits per heavy atom. The maximum Gasteiger partial charge on any atom is 0.342 e. The molecule has 0 fully saturated rings. The molecule has 0 aliphatic heterocycles. The van der Waals surface area contributed by atoms with Crippen LogP contribution in [0.4, 0.5) is 5.82 Å². The standard InChI is InChI=1S/C19H22N2O6/c1-4-5-6-27-11-7-9(2)12(10(3)8-11)13-14(18(23)24)16(20)21-17(22)15(13)19(25)26/h7-8H,4-6H2,1-3H3,(H,23,24)(H,25,26)(H3,20,21,22). The summed E-state index contributed by atoms with van der Waals surface area (Å²) < 4.78 is 5.68. The first-order valence-corrected chi connectivity index (χ1v) is 8.45. The Kier molecular flexibility index (Phi) is 5.89. The van der Waals surface area contributed by atoms with Crippen molar-refractivity contribution in [2.75, 3.05) is 12.3 Å². The van der Waals surface area contributed by atoms with E-state index in [1.54, 1.807) is 26.0 Å². The van der Waals surface area contributed by atoms with Crippen LogP contribution in [0.5, 0.6) is 5.75 Å². The number of carboxylic acids is 2. The van der Waals surface area contributed by atoms with E-state index in [0.29, 0.717) is 29.0 Å². The number of ether oxygens (including phenoxy) is 1. The number of nitrogens with one attached hydrogen (secondary N) is 1. The maximum atomic E-state index is 12.2. The van der Waals surface area contributed by atoms with Gasteiger partial charge in [0.05, 0.1) is 6.61 Å². The van der Waals surface area contributed by atoms with E-state index in [1.165, 1.54) is 0 Å². The normalized spacial score (nSPS) is 10.6. The number of aryl methyl sites for hydroxylation is 2. The van der Waals surface area contributed by atoms with Crippen molar-refractivity contribution in [1.29, 1.82) is 0 Å². The van der Waals surface area contributed by atoms with E-state index in [2.05, 4.69) is 4.98 Å². The highest BCUT2D eigenvalue weighted by atomic mass is 16.5. The molecule has 5 N–H and O–H groups in total. The Bertz CT molecular complexity index is 938. The number of carboxylic acid groups (broad SMARTS) is 2. The number of carbonyl (C=O) groups is 2. The first kappa shape index (κ1) is 20.0. The highest BCUT2D eigenvalue weighted by Gasteiger charge is 2.28. The molecule has 27 heavy (non-hydrogen) atoms. The second-order valence-electron chi connectivity index (χ2n) is 6.24. The number of aromatic amines is 1. The van der Waals surface area contributed by atoms with Gasteiger partial charge >= 0.3 is 11.9 Å². The monoisotopic (exact) mass is 374 g/mol. The highest BCUT2D eigenvalue weighted by Crippen LogP contribution is 2.36. The topological polar surface area (TPSA) is 143 Å². The molecule has 0 aliphatic rings. The molecule has 0 bridgehead atoms. The summed E-state index contributed by atoms with van der Waals surface area (Å²) in [7, 11) is 0. The van der Waals surface area contributed by atoms with Gasteiger partial charge in [0.2, 0.25) is 0 Å². The van der Waals surface area contributed by atoms with Gasteiger partial charge < -0.3 is 25.7 Å². The number of benzene rings is 1. The Balaban J connectivity index is 2.79. The highest BCUT2D eigenvalue weighted by molar-refractivity contribution is 6.08. The lowest BCUT2D eigenvalue weighted by Gasteiger charge is -2.18. The van der Waals surface area contributed by atoms with Crippen LogP contribution in [0.2, 0.25) is 0 Å². The predicted octanol–water partition coefficient (Wildman–Crippen LogP) is 2.82. The van der Waals surface area contributed by atoms with Gasteiger partial charge in [0.15, 0.2) is 0 Å². The van der Waals surface area contributed by atoms with Crippen molar-refractivity contribution in [3.63, 3.8) is 0 Å². The van der Waals surface area contributed by atoms with E-state index in [9.17, 15) is 24.6 Å². The van der Waals surface area contributed by atoms with Crippen LogP contribution in [0.15, 0.2) is 16.9 Å². The van der Waals surface area contributed by atoms with Gasteiger partial charge in [0, 0.05) is 5.56 Å². The number of H-pyrrole nitrogens is 1. The van der Waals surface area contributed by atoms with Crippen molar-refractivity contribution in [3.05, 3.63) is 44.7 Å². The number of aromatic nitrogens is 1. The fourth-order valence-corrected chi connectivity index (χ4v) is 3.03. The number of anilines is 1. The van der Waals surface area contributed by atoms with Crippen molar-refractivity contribution >= 4 is 17.8 Å². The number of aromatic carboxylic acids is 2. The van der Waals surface area contributed by atoms with Gasteiger partial charge in [0.1, 0.15) is 22.7 Å². The molecule has 2 rings (SSSR count). The summed E-state index contributed by atoms with van der Waals surface area (Å²) in [6, 6.07) is 3.37. The molecule has 1 heterocycles. The molecule has 0 saturated heterocycles. The quantitative estimate of drug-likeness (QED) is 0.546. The zero-order chi connectivity index (χ0) is 20.3. The minimum atomic E-state index is -1.53. The molecule has 1 aromatic carbocycles. The summed E-state index contributed by atoms with van der Waals surface area (Å²) in [6.07, 6.45) is 1.86. The molecule has 0 amide bonds. The summed E-state index contributed by atoms with van der Waals surface area (Å²) in [5.41, 5.74) is 4.92. The average molecular weight is 374 g/mol. The minimum Gasteiger partial charge on any atom is -0.494 e. The first-order valence-electron chi connectivity index (χ1n) is 8.45. The van der Waals surface area contributed by atoms with Crippen LogP contribution in [0.1, 0.15) is 51.6 Å². The summed E-state index contributed by atoms with van der Waals surface area (Å²) in [6.45, 7) is 5.97. The number of hydrogen-bond acceptors (Lipinski definition) is 5. The van der Waals surface area contributed by atoms with Crippen molar-refractivity contribution < 1.29 is 24.5 Å². The van der Waals surface area contributed by atoms with Gasteiger partial charge in [-0.3, -0.25) is 4.79 Å². The van der Waals surface area contributed by atoms with Gasteiger partial charge in [-0.2, -0.15) is 0 Å². The molecular weight excluding hydrogens is 352 g/mol. The third kappa shape index (κ3) is 3.94. The van der Waals surface area contributed by atoms with Crippen LogP contribution in [0.3, 0.4) is 0 Å². The summed E-state index contributed by atoms with van der Waals surface area (Å²) in [4.78, 5) is 37.7. The summed E-state index contributed by atoms with van der Waals surface area (Å²) >= 11 is 0. The molecule has 1 aromatic heterocycles. The van der Waals surface area contributed by atoms with Crippen LogP contribution < -0.4 is 16.0 Å². The second-order valence-corrected chi connectivity index (χ2v) is 6.24. The molecule has 0 radical (unpaired) electrons. The number of nitrogen functional groups attached to an aromatic ring is 1. The van der Waals surface area contributed by atoms with Gasteiger partial charge in [-0.15, -0.1) is 0 Å². The van der Waals surface area contributed by atoms with Gasteiger partial charge in [-0.25, -0.2) is 9.59 Å². The van der Waals surface area contributed by atoms with E-state index < -0.39 is 34.4 Å². The van der Waals surface area contributed by atoms with E-state index >= 15 is 0 Å². The third-order valence-electron chi connectivity index (χ3n) is 4.20. The number of pyridine rings is 1. The molecule has 0 spiro atoms. The third-order valence-corrected chi connectivity index (χ3v) is 4.20. The van der Waals surface area contributed by atoms with E-state index in [4.69, 9.17) is 10.5 Å². The lowest BCUT2D eigenvalue weighted by Crippen LogP contribution is -2.24. The van der Waals surface area contributed by atoms with Crippen molar-refractivity contribution in [3.8, 4) is 16.9 Å². The molecule has 8 heteroatoms. The Labute approximate surface area is 155 Å². The fourth-order valence-electron chi connectivity index (χ4n) is 3.03. The molecule has 0 unspecified atom stereocenters. The maximum absolute atomic E-state index is 12.2. The molecular formula is C19H22N2O6. The molecule has 144 valence electrons. The zero-order valence-corrected chi connectivity index (χ0v) is 15.4. The number of unbranched alkanes of at least 4 members (excludes halogenated alkanes) is 1. The van der Waals surface area contributed by atoms with Crippen molar-refractivity contribution in [1.82, 2.24) is 4.98 Å². The Morgan fingerprint density at radius 2 is 1.63 bits per heavy atom. The van der Waals surface area contributed by atoms with E-state index in [-0.39, 0.29) is 5.56 Å². The van der Waals surface area contributed by atoms with Crippen LogP contribution in [-0.2, 0) is 0 Å². The van der Waals surface area contributed by atoms with Gasteiger partial charge in [-0.05, 0) is 49.1 Å². The number of nitrogens with two attached hydrogens (primary N) is 1. The van der Waals surface area contributed by atoms with E-state index in [0.717, 1.165) is 12.8 Å². The van der Waals surface area contributed by atoms with Crippen LogP contribution in [0, 0.1) is 13.8 Å². The summed E-state index contributed by atoms with van der Waals surface area (Å²) in [5, 5.41) is 19.1. The van der Waals surface area contributed by atoms with Crippen molar-refractivity contribution in [2.24, 2.45) is 0 Å². The predicted molar refractivity (Wildman–Crippen MR) is 101 cm³/mol. The smallest absolute Gasteiger partial charge is 0.342 e. The van der Waals surface area contributed by atoms with Crippen molar-refractivity contribution in [2.45, 2.75) is 33.6 Å². The molecule has 2 aromatic rings. The lowest BCUT2D eigenvalue weighted by atomic mass is 9.89. The average Bonchev–Trinajstić information content (AvgIpc) is 2.53. The van der Waals surface area contributed by atoms with E-state index in [1.807, 2.05) is 6.92 Å². The fraction of sp³-hybridized carbons (Fsp3) is 0.316. The molecule has 8 nitrogen and oxygen atoms in total. The largest absolute Gasteiger partial charge is 0.494 e. The lowest BCUT2D eigenvalue weighted by molar-refractivity contribution is 0.0695. The van der Waals surface area contributed by atoms with Crippen LogP contribution in [0.25, 0.3) is 11.1 Å². The second kappa shape index (κ2) is 7.94. The number of rotatable bonds is 7. The zero-order valence-electron chi connectivity index (χ0n) is 15.4. The molecule has 0 atom stereocenters. The first-order chi connectivity index (χ1) is 12.7. The SMILES string of the molecule is CCCCOc1cc(C)c(-c2c(C(=O)O)c(N)[nH]c(=O)c2C(=O)O)c(C)c1. The van der Waals surface area contributed by atoms with Crippen LogP contribution in [-0.4, -0.2) is 33.7 Å². The van der Waals surface area contributed by atoms with Gasteiger partial charge in [0.25, 0.3) is 5.56 Å². The Hall–Kier alpha value is -3.29. The molecule has 0 saturated carbocycles.